The number of aliphatic hydroxyl groups is 3. The molecule has 1 aliphatic carbocycles. The summed E-state index contributed by atoms with van der Waals surface area (Å²) in [6, 6.07) is 9.06. The number of aromatic nitrogens is 7. The van der Waals surface area contributed by atoms with Gasteiger partial charge in [-0.15, -0.1) is 0 Å². The van der Waals surface area contributed by atoms with Crippen LogP contribution in [0.25, 0.3) is 22.6 Å². The maximum absolute atomic E-state index is 13.6. The molecule has 1 aliphatic rings. The minimum atomic E-state index is -3.33. The molecule has 0 atom stereocenters. The van der Waals surface area contributed by atoms with Gasteiger partial charge in [-0.05, 0) is 31.2 Å². The highest BCUT2D eigenvalue weighted by Gasteiger charge is 2.35. The third kappa shape index (κ3) is 7.53. The molecule has 4 N–H and O–H groups in total. The molecule has 0 saturated heterocycles. The molecule has 0 aliphatic heterocycles. The number of benzene rings is 1. The molecule has 0 spiro atoms. The van der Waals surface area contributed by atoms with E-state index in [1.165, 1.54) is 31.3 Å². The molecule has 0 bridgehead atoms. The number of aromatic hydroxyl groups is 1. The molecule has 0 radical (unpaired) electrons. The average Bonchev–Trinajstić information content (AvgIpc) is 3.45. The van der Waals surface area contributed by atoms with Gasteiger partial charge in [0.1, 0.15) is 18.4 Å². The fourth-order valence-corrected chi connectivity index (χ4v) is 5.31. The summed E-state index contributed by atoms with van der Waals surface area (Å²) in [5.74, 6) is -3.37. The zero-order valence-electron chi connectivity index (χ0n) is 26.4. The van der Waals surface area contributed by atoms with Crippen LogP contribution in [0.1, 0.15) is 42.6 Å². The van der Waals surface area contributed by atoms with Crippen molar-refractivity contribution in [2.75, 3.05) is 12.0 Å². The number of ether oxygens (including phenoxy) is 3. The lowest BCUT2D eigenvalue weighted by Crippen LogP contribution is -2.44. The fraction of sp³-hybridized carbons (Fsp3) is 0.312. The van der Waals surface area contributed by atoms with Crippen molar-refractivity contribution >= 4 is 11.9 Å². The van der Waals surface area contributed by atoms with Gasteiger partial charge < -0.3 is 39.2 Å². The van der Waals surface area contributed by atoms with Crippen LogP contribution in [0.4, 0.5) is 10.6 Å². The lowest BCUT2D eigenvalue weighted by molar-refractivity contribution is -0.323. The van der Waals surface area contributed by atoms with Crippen molar-refractivity contribution in [1.29, 1.82) is 0 Å². The van der Waals surface area contributed by atoms with Crippen LogP contribution in [0.3, 0.4) is 0 Å². The second-order valence-corrected chi connectivity index (χ2v) is 11.2. The molecule has 1 fully saturated rings. The Bertz CT molecular complexity index is 1880. The number of amides is 1. The molecule has 1 aromatic carbocycles. The number of hydrogen-bond acceptors (Lipinski definition) is 16. The van der Waals surface area contributed by atoms with E-state index in [2.05, 4.69) is 35.1 Å². The number of methoxy groups -OCH3 is 1. The van der Waals surface area contributed by atoms with E-state index in [1.54, 1.807) is 12.4 Å². The first-order valence-corrected chi connectivity index (χ1v) is 15.2. The summed E-state index contributed by atoms with van der Waals surface area (Å²) in [4.78, 5) is 40.5. The zero-order chi connectivity index (χ0) is 34.5. The van der Waals surface area contributed by atoms with Crippen molar-refractivity contribution in [3.63, 3.8) is 0 Å². The molecule has 5 aromatic rings. The Labute approximate surface area is 278 Å². The highest BCUT2D eigenvalue weighted by Crippen LogP contribution is 2.36. The normalized spacial score (nSPS) is 16.2. The molecule has 254 valence electrons. The van der Waals surface area contributed by atoms with Crippen molar-refractivity contribution < 1.29 is 44.0 Å². The summed E-state index contributed by atoms with van der Waals surface area (Å²) in [6.07, 6.45) is 8.04. The van der Waals surface area contributed by atoms with Crippen LogP contribution in [-0.2, 0) is 17.3 Å². The average molecular weight is 673 g/mol. The number of carbonyl (C=O) groups excluding carboxylic acids is 1. The highest BCUT2D eigenvalue weighted by atomic mass is 16.7. The first kappa shape index (κ1) is 33.1. The Kier molecular flexibility index (Phi) is 9.56. The molecule has 6 rings (SSSR count). The molecule has 4 heterocycles. The SMILES string of the molecule is COc1ncc(-c2cnc(N(C(=O)OCc3ccccc3)C3CCC(Oc4ncc(C(O)(O)O)c(-c5noc(C)c5O)n4)CC3)cn2)cn1. The Morgan fingerprint density at radius 3 is 2.24 bits per heavy atom. The largest absolute Gasteiger partial charge is 0.503 e. The maximum Gasteiger partial charge on any atom is 0.416 e. The summed E-state index contributed by atoms with van der Waals surface area (Å²) in [5.41, 5.74) is 0.877. The van der Waals surface area contributed by atoms with Gasteiger partial charge in [0.2, 0.25) is 0 Å². The van der Waals surface area contributed by atoms with Crippen molar-refractivity contribution in [3.05, 3.63) is 78.2 Å². The van der Waals surface area contributed by atoms with E-state index in [0.717, 1.165) is 11.8 Å². The zero-order valence-corrected chi connectivity index (χ0v) is 26.4. The summed E-state index contributed by atoms with van der Waals surface area (Å²) in [5, 5.41) is 43.6. The summed E-state index contributed by atoms with van der Waals surface area (Å²) in [7, 11) is 1.47. The maximum atomic E-state index is 13.6. The monoisotopic (exact) mass is 672 g/mol. The molecule has 17 heteroatoms. The molecule has 0 unspecified atom stereocenters. The molecule has 49 heavy (non-hydrogen) atoms. The van der Waals surface area contributed by atoms with E-state index >= 15 is 0 Å². The molecule has 1 amide bonds. The van der Waals surface area contributed by atoms with Gasteiger partial charge in [0.15, 0.2) is 23.0 Å². The van der Waals surface area contributed by atoms with Gasteiger partial charge in [-0.25, -0.2) is 24.7 Å². The molecule has 4 aromatic heterocycles. The van der Waals surface area contributed by atoms with E-state index in [4.69, 9.17) is 18.7 Å². The lowest BCUT2D eigenvalue weighted by Gasteiger charge is -2.35. The van der Waals surface area contributed by atoms with Gasteiger partial charge >= 0.3 is 24.1 Å². The van der Waals surface area contributed by atoms with Gasteiger partial charge in [-0.3, -0.25) is 9.88 Å². The quantitative estimate of drug-likeness (QED) is 0.156. The van der Waals surface area contributed by atoms with Crippen molar-refractivity contribution in [2.45, 2.75) is 57.3 Å². The predicted octanol–water partition coefficient (Wildman–Crippen LogP) is 3.02. The highest BCUT2D eigenvalue weighted by molar-refractivity contribution is 5.87. The van der Waals surface area contributed by atoms with Gasteiger partial charge in [-0.2, -0.15) is 4.98 Å². The number of aryl methyl sites for hydroxylation is 1. The van der Waals surface area contributed by atoms with Crippen molar-refractivity contribution in [1.82, 2.24) is 35.1 Å². The second-order valence-electron chi connectivity index (χ2n) is 11.2. The first-order chi connectivity index (χ1) is 23.6. The van der Waals surface area contributed by atoms with Crippen molar-refractivity contribution in [3.8, 4) is 40.4 Å². The summed E-state index contributed by atoms with van der Waals surface area (Å²) in [6.45, 7) is 1.51. The fourth-order valence-electron chi connectivity index (χ4n) is 5.31. The summed E-state index contributed by atoms with van der Waals surface area (Å²) < 4.78 is 21.7. The van der Waals surface area contributed by atoms with Crippen molar-refractivity contribution in [2.24, 2.45) is 0 Å². The Morgan fingerprint density at radius 2 is 1.63 bits per heavy atom. The van der Waals surface area contributed by atoms with Crippen LogP contribution in [0, 0.1) is 6.92 Å². The number of hydrogen-bond donors (Lipinski definition) is 4. The van der Waals surface area contributed by atoms with E-state index in [-0.39, 0.29) is 41.8 Å². The van der Waals surface area contributed by atoms with Crippen LogP contribution >= 0.6 is 0 Å². The van der Waals surface area contributed by atoms with Gasteiger partial charge in [0.25, 0.3) is 0 Å². The van der Waals surface area contributed by atoms with E-state index in [1.807, 2.05) is 30.3 Å². The van der Waals surface area contributed by atoms with Crippen LogP contribution < -0.4 is 14.4 Å². The first-order valence-electron chi connectivity index (χ1n) is 15.2. The van der Waals surface area contributed by atoms with E-state index < -0.39 is 29.5 Å². The van der Waals surface area contributed by atoms with Crippen LogP contribution in [0.2, 0.25) is 0 Å². The molecular weight excluding hydrogens is 640 g/mol. The topological polar surface area (TPSA) is 232 Å². The van der Waals surface area contributed by atoms with Gasteiger partial charge in [-0.1, -0.05) is 35.5 Å². The van der Waals surface area contributed by atoms with Crippen LogP contribution in [0.15, 0.2) is 65.8 Å². The van der Waals surface area contributed by atoms with Crippen LogP contribution in [-0.4, -0.2) is 80.8 Å². The predicted molar refractivity (Wildman–Crippen MR) is 168 cm³/mol. The smallest absolute Gasteiger partial charge is 0.416 e. The van der Waals surface area contributed by atoms with Gasteiger partial charge in [0, 0.05) is 37.1 Å². The molecular formula is C32H32N8O9. The minimum absolute atomic E-state index is 0.0562. The Balaban J connectivity index is 1.19. The van der Waals surface area contributed by atoms with Crippen LogP contribution in [0.5, 0.6) is 17.8 Å². The van der Waals surface area contributed by atoms with Gasteiger partial charge in [0.05, 0.1) is 30.8 Å². The number of carbonyl (C=O) groups is 1. The lowest BCUT2D eigenvalue weighted by atomic mass is 9.92. The second kappa shape index (κ2) is 14.1. The summed E-state index contributed by atoms with van der Waals surface area (Å²) >= 11 is 0. The Morgan fingerprint density at radius 1 is 0.918 bits per heavy atom. The third-order valence-electron chi connectivity index (χ3n) is 7.86. The third-order valence-corrected chi connectivity index (χ3v) is 7.86. The standard InChI is InChI=1S/C32H32N8O9/c1-18-28(41)27(39-49-18)26-23(32(43,44)45)14-37-30(38-26)48-22-10-8-21(9-11-22)40(31(42)47-17-19-6-4-3-5-7-19)25-16-33-24(15-34-25)20-12-35-29(46-2)36-13-20/h3-7,12-16,21-22,41,43-45H,8-11,17H2,1-2H3. The van der Waals surface area contributed by atoms with E-state index in [9.17, 15) is 25.2 Å². The number of rotatable bonds is 10. The minimum Gasteiger partial charge on any atom is -0.503 e. The van der Waals surface area contributed by atoms with E-state index in [0.29, 0.717) is 42.8 Å². The Hall–Kier alpha value is -5.78. The molecule has 1 saturated carbocycles. The molecule has 17 nitrogen and oxygen atoms in total. The number of anilines is 1. The number of nitrogens with zero attached hydrogens (tertiary/aromatic N) is 8.